The lowest BCUT2D eigenvalue weighted by Crippen LogP contribution is -2.28. The summed E-state index contributed by atoms with van der Waals surface area (Å²) in [5, 5.41) is 15.3. The number of thiophene rings is 1. The van der Waals surface area contributed by atoms with Gasteiger partial charge in [0.2, 0.25) is 10.0 Å². The van der Waals surface area contributed by atoms with Crippen molar-refractivity contribution in [3.63, 3.8) is 0 Å². The van der Waals surface area contributed by atoms with Crippen molar-refractivity contribution in [1.29, 1.82) is 0 Å². The molecule has 1 aromatic heterocycles. The van der Waals surface area contributed by atoms with Gasteiger partial charge in [-0.3, -0.25) is 10.1 Å². The van der Waals surface area contributed by atoms with E-state index in [4.69, 9.17) is 0 Å². The van der Waals surface area contributed by atoms with Crippen molar-refractivity contribution in [2.75, 3.05) is 18.4 Å². The topological polar surface area (TPSA) is 101 Å². The molecule has 10 heteroatoms. The van der Waals surface area contributed by atoms with Gasteiger partial charge in [0.15, 0.2) is 0 Å². The second-order valence-electron chi connectivity index (χ2n) is 4.18. The predicted octanol–water partition coefficient (Wildman–Crippen LogP) is 2.81. The number of halogens is 1. The smallest absolute Gasteiger partial charge is 0.270 e. The second-order valence-corrected chi connectivity index (χ2v) is 7.97. The van der Waals surface area contributed by atoms with Crippen LogP contribution in [0.5, 0.6) is 0 Å². The molecule has 0 aliphatic rings. The molecule has 0 radical (unpaired) electrons. The number of non-ortho nitro benzene ring substituents is 1. The van der Waals surface area contributed by atoms with E-state index < -0.39 is 14.9 Å². The SMILES string of the molecule is O=[N+]([O-])c1ccc(NCCNS(=O)(=O)c2cccs2)c(Br)c1. The summed E-state index contributed by atoms with van der Waals surface area (Å²) >= 11 is 4.38. The summed E-state index contributed by atoms with van der Waals surface area (Å²) in [5.74, 6) is 0. The van der Waals surface area contributed by atoms with Gasteiger partial charge in [0.05, 0.1) is 4.92 Å². The fraction of sp³-hybridized carbons (Fsp3) is 0.167. The quantitative estimate of drug-likeness (QED) is 0.418. The molecule has 2 aromatic rings. The zero-order valence-corrected chi connectivity index (χ0v) is 14.4. The molecular formula is C12H12BrN3O4S2. The van der Waals surface area contributed by atoms with Crippen LogP contribution in [0.15, 0.2) is 44.4 Å². The highest BCUT2D eigenvalue weighted by Crippen LogP contribution is 2.26. The van der Waals surface area contributed by atoms with Crippen molar-refractivity contribution < 1.29 is 13.3 Å². The monoisotopic (exact) mass is 405 g/mol. The van der Waals surface area contributed by atoms with Crippen LogP contribution in [0.1, 0.15) is 0 Å². The number of sulfonamides is 1. The first-order chi connectivity index (χ1) is 10.4. The minimum atomic E-state index is -3.47. The summed E-state index contributed by atoms with van der Waals surface area (Å²) in [6, 6.07) is 7.54. The van der Waals surface area contributed by atoms with Crippen LogP contribution in [0.4, 0.5) is 11.4 Å². The predicted molar refractivity (Wildman–Crippen MR) is 88.8 cm³/mol. The Morgan fingerprint density at radius 3 is 2.64 bits per heavy atom. The third kappa shape index (κ3) is 4.26. The molecule has 0 atom stereocenters. The van der Waals surface area contributed by atoms with Gasteiger partial charge in [-0.25, -0.2) is 13.1 Å². The molecule has 0 bridgehead atoms. The van der Waals surface area contributed by atoms with Crippen molar-refractivity contribution in [3.8, 4) is 0 Å². The Balaban J connectivity index is 1.88. The number of benzene rings is 1. The van der Waals surface area contributed by atoms with Gasteiger partial charge in [0.25, 0.3) is 5.69 Å². The van der Waals surface area contributed by atoms with Crippen molar-refractivity contribution in [2.24, 2.45) is 0 Å². The zero-order chi connectivity index (χ0) is 16.2. The zero-order valence-electron chi connectivity index (χ0n) is 11.2. The fourth-order valence-corrected chi connectivity index (χ4v) is 4.21. The first-order valence-corrected chi connectivity index (χ1v) is 9.27. The highest BCUT2D eigenvalue weighted by atomic mass is 79.9. The highest BCUT2D eigenvalue weighted by molar-refractivity contribution is 9.10. The summed E-state index contributed by atoms with van der Waals surface area (Å²) in [6.07, 6.45) is 0. The molecule has 1 heterocycles. The Hall–Kier alpha value is -1.49. The molecule has 2 N–H and O–H groups in total. The Bertz CT molecular complexity index is 763. The number of hydrogen-bond donors (Lipinski definition) is 2. The van der Waals surface area contributed by atoms with E-state index in [1.165, 1.54) is 18.2 Å². The molecule has 1 aromatic carbocycles. The van der Waals surface area contributed by atoms with Gasteiger partial charge in [0.1, 0.15) is 4.21 Å². The molecule has 118 valence electrons. The number of nitro groups is 1. The average Bonchev–Trinajstić information content (AvgIpc) is 2.99. The van der Waals surface area contributed by atoms with Gasteiger partial charge < -0.3 is 5.32 Å². The third-order valence-electron chi connectivity index (χ3n) is 2.66. The molecule has 0 unspecified atom stereocenters. The Morgan fingerprint density at radius 2 is 2.05 bits per heavy atom. The highest BCUT2D eigenvalue weighted by Gasteiger charge is 2.14. The molecule has 0 saturated heterocycles. The summed E-state index contributed by atoms with van der Waals surface area (Å²) < 4.78 is 27.0. The van der Waals surface area contributed by atoms with Crippen LogP contribution < -0.4 is 10.0 Å². The minimum Gasteiger partial charge on any atom is -0.383 e. The number of nitro benzene ring substituents is 1. The van der Waals surface area contributed by atoms with Crippen LogP contribution >= 0.6 is 27.3 Å². The van der Waals surface area contributed by atoms with Crippen LogP contribution in [-0.4, -0.2) is 26.4 Å². The first-order valence-electron chi connectivity index (χ1n) is 6.11. The second kappa shape index (κ2) is 7.18. The van der Waals surface area contributed by atoms with E-state index in [9.17, 15) is 18.5 Å². The molecule has 0 spiro atoms. The Kier molecular flexibility index (Phi) is 5.51. The van der Waals surface area contributed by atoms with Gasteiger partial charge in [-0.2, -0.15) is 0 Å². The standard InChI is InChI=1S/C12H12BrN3O4S2/c13-10-8-9(16(17)18)3-4-11(10)14-5-6-15-22(19,20)12-2-1-7-21-12/h1-4,7-8,14-15H,5-6H2. The summed E-state index contributed by atoms with van der Waals surface area (Å²) in [5.41, 5.74) is 0.636. The van der Waals surface area contributed by atoms with Crippen LogP contribution in [0.2, 0.25) is 0 Å². The van der Waals surface area contributed by atoms with Gasteiger partial charge in [0, 0.05) is 35.4 Å². The van der Waals surface area contributed by atoms with E-state index in [1.807, 2.05) is 0 Å². The number of rotatable bonds is 7. The van der Waals surface area contributed by atoms with E-state index in [-0.39, 0.29) is 16.4 Å². The molecule has 0 amide bonds. The van der Waals surface area contributed by atoms with E-state index >= 15 is 0 Å². The lowest BCUT2D eigenvalue weighted by atomic mass is 10.3. The molecule has 0 saturated carbocycles. The lowest BCUT2D eigenvalue weighted by Gasteiger charge is -2.09. The van der Waals surface area contributed by atoms with Crippen molar-refractivity contribution in [2.45, 2.75) is 4.21 Å². The van der Waals surface area contributed by atoms with Crippen molar-refractivity contribution in [1.82, 2.24) is 4.72 Å². The largest absolute Gasteiger partial charge is 0.383 e. The van der Waals surface area contributed by atoms with Crippen LogP contribution in [0, 0.1) is 10.1 Å². The maximum absolute atomic E-state index is 11.9. The van der Waals surface area contributed by atoms with Gasteiger partial charge in [-0.15, -0.1) is 11.3 Å². The number of anilines is 1. The molecule has 22 heavy (non-hydrogen) atoms. The maximum Gasteiger partial charge on any atom is 0.270 e. The van der Waals surface area contributed by atoms with E-state index in [0.29, 0.717) is 16.7 Å². The lowest BCUT2D eigenvalue weighted by molar-refractivity contribution is -0.384. The molecular weight excluding hydrogens is 394 g/mol. The van der Waals surface area contributed by atoms with Crippen molar-refractivity contribution in [3.05, 3.63) is 50.3 Å². The van der Waals surface area contributed by atoms with Crippen LogP contribution in [0.25, 0.3) is 0 Å². The van der Waals surface area contributed by atoms with Crippen LogP contribution in [-0.2, 0) is 10.0 Å². The molecule has 7 nitrogen and oxygen atoms in total. The van der Waals surface area contributed by atoms with E-state index in [0.717, 1.165) is 11.3 Å². The first kappa shape index (κ1) is 16.9. The Morgan fingerprint density at radius 1 is 1.27 bits per heavy atom. The summed E-state index contributed by atoms with van der Waals surface area (Å²) in [6.45, 7) is 0.546. The summed E-state index contributed by atoms with van der Waals surface area (Å²) in [4.78, 5) is 10.2. The molecule has 2 rings (SSSR count). The average molecular weight is 406 g/mol. The third-order valence-corrected chi connectivity index (χ3v) is 6.17. The van der Waals surface area contributed by atoms with E-state index in [2.05, 4.69) is 26.0 Å². The normalized spacial score (nSPS) is 11.3. The molecule has 0 fully saturated rings. The number of hydrogen-bond acceptors (Lipinski definition) is 6. The fourth-order valence-electron chi connectivity index (χ4n) is 1.63. The number of nitrogens with zero attached hydrogens (tertiary/aromatic N) is 1. The summed E-state index contributed by atoms with van der Waals surface area (Å²) in [7, 11) is -3.47. The minimum absolute atomic E-state index is 0.0178. The number of nitrogens with one attached hydrogen (secondary N) is 2. The van der Waals surface area contributed by atoms with Gasteiger partial charge in [-0.05, 0) is 33.4 Å². The molecule has 0 aliphatic heterocycles. The molecule has 0 aliphatic carbocycles. The van der Waals surface area contributed by atoms with Gasteiger partial charge in [-0.1, -0.05) is 6.07 Å². The van der Waals surface area contributed by atoms with Gasteiger partial charge >= 0.3 is 0 Å². The Labute approximate surface area is 139 Å². The van der Waals surface area contributed by atoms with Crippen LogP contribution in [0.3, 0.4) is 0 Å². The van der Waals surface area contributed by atoms with E-state index in [1.54, 1.807) is 17.5 Å². The van der Waals surface area contributed by atoms with Crippen molar-refractivity contribution >= 4 is 48.7 Å². The maximum atomic E-state index is 11.9.